The monoisotopic (exact) mass is 480 g/mol. The van der Waals surface area contributed by atoms with E-state index in [-0.39, 0.29) is 11.5 Å². The summed E-state index contributed by atoms with van der Waals surface area (Å²) in [7, 11) is 1.69. The molecule has 2 aromatic carbocycles. The first-order valence-electron chi connectivity index (χ1n) is 11.9. The van der Waals surface area contributed by atoms with Crippen molar-refractivity contribution >= 4 is 11.8 Å². The minimum Gasteiger partial charge on any atom is -0.497 e. The standard InChI is InChI=1S/C28H36N2O3S/c1-27(2,3)24-9-5-23(6-10-24)18-34-19-26-17-32-28(33-26,20-30-16-15-29-21-30)14-13-22-7-11-25(31-4)12-8-22/h5-12,15-16,21,26H,13-14,17-20H2,1-4H3. The summed E-state index contributed by atoms with van der Waals surface area (Å²) in [6.07, 6.45) is 7.32. The Labute approximate surface area is 207 Å². The molecule has 5 nitrogen and oxygen atoms in total. The van der Waals surface area contributed by atoms with Crippen molar-refractivity contribution in [1.29, 1.82) is 0 Å². The van der Waals surface area contributed by atoms with E-state index >= 15 is 0 Å². The minimum absolute atomic E-state index is 0.0817. The first-order chi connectivity index (χ1) is 16.4. The number of aromatic nitrogens is 2. The highest BCUT2D eigenvalue weighted by Gasteiger charge is 2.41. The number of hydrogen-bond acceptors (Lipinski definition) is 5. The highest BCUT2D eigenvalue weighted by Crippen LogP contribution is 2.33. The fourth-order valence-corrected chi connectivity index (χ4v) is 5.16. The summed E-state index contributed by atoms with van der Waals surface area (Å²) < 4.78 is 20.2. The molecule has 0 saturated carbocycles. The summed E-state index contributed by atoms with van der Waals surface area (Å²) in [5, 5.41) is 0. The Hall–Kier alpha value is -2.28. The molecule has 1 aliphatic heterocycles. The molecular formula is C28H36N2O3S. The third-order valence-corrected chi connectivity index (χ3v) is 7.39. The first-order valence-corrected chi connectivity index (χ1v) is 13.1. The van der Waals surface area contributed by atoms with E-state index in [4.69, 9.17) is 14.2 Å². The number of aryl methyl sites for hydroxylation is 1. The van der Waals surface area contributed by atoms with Gasteiger partial charge in [0.1, 0.15) is 5.75 Å². The minimum atomic E-state index is -0.639. The molecule has 2 heterocycles. The van der Waals surface area contributed by atoms with E-state index in [1.807, 2.05) is 41.0 Å². The lowest BCUT2D eigenvalue weighted by Crippen LogP contribution is -2.37. The summed E-state index contributed by atoms with van der Waals surface area (Å²) in [6, 6.07) is 17.2. The fraction of sp³-hybridized carbons (Fsp3) is 0.464. The summed E-state index contributed by atoms with van der Waals surface area (Å²) in [5.41, 5.74) is 4.15. The van der Waals surface area contributed by atoms with E-state index < -0.39 is 5.79 Å². The molecule has 0 aliphatic carbocycles. The van der Waals surface area contributed by atoms with E-state index in [1.54, 1.807) is 13.3 Å². The van der Waals surface area contributed by atoms with Gasteiger partial charge in [-0.1, -0.05) is 57.2 Å². The zero-order valence-corrected chi connectivity index (χ0v) is 21.5. The maximum Gasteiger partial charge on any atom is 0.187 e. The van der Waals surface area contributed by atoms with E-state index in [9.17, 15) is 0 Å². The third kappa shape index (κ3) is 6.65. The van der Waals surface area contributed by atoms with Gasteiger partial charge in [-0.2, -0.15) is 11.8 Å². The topological polar surface area (TPSA) is 45.5 Å². The highest BCUT2D eigenvalue weighted by molar-refractivity contribution is 7.98. The Morgan fingerprint density at radius 1 is 1.09 bits per heavy atom. The van der Waals surface area contributed by atoms with Crippen LogP contribution in [-0.4, -0.2) is 40.9 Å². The number of methoxy groups -OCH3 is 1. The fourth-order valence-electron chi connectivity index (χ4n) is 4.19. The van der Waals surface area contributed by atoms with Crippen LogP contribution in [0.4, 0.5) is 0 Å². The average molecular weight is 481 g/mol. The van der Waals surface area contributed by atoms with Crippen LogP contribution in [0.1, 0.15) is 43.9 Å². The molecule has 1 aromatic heterocycles. The molecule has 0 bridgehead atoms. The quantitative estimate of drug-likeness (QED) is 0.363. The summed E-state index contributed by atoms with van der Waals surface area (Å²) in [5.74, 6) is 2.12. The van der Waals surface area contributed by atoms with Crippen molar-refractivity contribution in [1.82, 2.24) is 9.55 Å². The van der Waals surface area contributed by atoms with Crippen LogP contribution >= 0.6 is 11.8 Å². The molecule has 182 valence electrons. The molecule has 0 amide bonds. The molecule has 4 rings (SSSR count). The van der Waals surface area contributed by atoms with Crippen LogP contribution in [0.5, 0.6) is 5.75 Å². The smallest absolute Gasteiger partial charge is 0.187 e. The van der Waals surface area contributed by atoms with Gasteiger partial charge >= 0.3 is 0 Å². The average Bonchev–Trinajstić information content (AvgIpc) is 3.48. The lowest BCUT2D eigenvalue weighted by molar-refractivity contribution is -0.180. The molecule has 2 atom stereocenters. The van der Waals surface area contributed by atoms with Gasteiger partial charge in [0.15, 0.2) is 5.79 Å². The van der Waals surface area contributed by atoms with Gasteiger partial charge in [0.05, 0.1) is 32.7 Å². The predicted molar refractivity (Wildman–Crippen MR) is 138 cm³/mol. The van der Waals surface area contributed by atoms with Crippen molar-refractivity contribution < 1.29 is 14.2 Å². The molecule has 1 aliphatic rings. The summed E-state index contributed by atoms with van der Waals surface area (Å²) in [6.45, 7) is 8.00. The second-order valence-electron chi connectivity index (χ2n) is 10.0. The number of ether oxygens (including phenoxy) is 3. The number of hydrogen-bond donors (Lipinski definition) is 0. The van der Waals surface area contributed by atoms with E-state index in [1.165, 1.54) is 16.7 Å². The van der Waals surface area contributed by atoms with Crippen molar-refractivity contribution in [3.8, 4) is 5.75 Å². The van der Waals surface area contributed by atoms with E-state index in [0.717, 1.165) is 30.1 Å². The van der Waals surface area contributed by atoms with Gasteiger partial charge in [0, 0.05) is 30.3 Å². The van der Waals surface area contributed by atoms with Gasteiger partial charge in [-0.15, -0.1) is 0 Å². The maximum atomic E-state index is 6.57. The van der Waals surface area contributed by atoms with Gasteiger partial charge in [-0.25, -0.2) is 4.98 Å². The Morgan fingerprint density at radius 3 is 2.47 bits per heavy atom. The lowest BCUT2D eigenvalue weighted by atomic mass is 9.87. The zero-order valence-electron chi connectivity index (χ0n) is 20.7. The van der Waals surface area contributed by atoms with Crippen LogP contribution in [0.15, 0.2) is 67.3 Å². The molecule has 34 heavy (non-hydrogen) atoms. The van der Waals surface area contributed by atoms with E-state index in [0.29, 0.717) is 13.2 Å². The third-order valence-electron chi connectivity index (χ3n) is 6.24. The highest BCUT2D eigenvalue weighted by atomic mass is 32.2. The van der Waals surface area contributed by atoms with Crippen LogP contribution in [0.3, 0.4) is 0 Å². The number of rotatable bonds is 10. The molecule has 3 aromatic rings. The van der Waals surface area contributed by atoms with Crippen molar-refractivity contribution in [3.05, 3.63) is 83.9 Å². The molecule has 1 saturated heterocycles. The second-order valence-corrected chi connectivity index (χ2v) is 11.0. The molecule has 1 fully saturated rings. The SMILES string of the molecule is COc1ccc(CCC2(Cn3ccnc3)OCC(CSCc3ccc(C(C)(C)C)cc3)O2)cc1. The van der Waals surface area contributed by atoms with Gasteiger partial charge in [0.2, 0.25) is 0 Å². The molecule has 0 spiro atoms. The zero-order chi connectivity index (χ0) is 24.0. The number of imidazole rings is 1. The van der Waals surface area contributed by atoms with Crippen molar-refractivity contribution in [2.24, 2.45) is 0 Å². The van der Waals surface area contributed by atoms with Crippen LogP contribution in [0.2, 0.25) is 0 Å². The number of nitrogens with zero attached hydrogens (tertiary/aromatic N) is 2. The van der Waals surface area contributed by atoms with Gasteiger partial charge < -0.3 is 18.8 Å². The molecule has 2 unspecified atom stereocenters. The Kier molecular flexibility index (Phi) is 8.02. The second kappa shape index (κ2) is 11.0. The van der Waals surface area contributed by atoms with Gasteiger partial charge in [-0.05, 0) is 40.7 Å². The first kappa shape index (κ1) is 24.8. The number of thioether (sulfide) groups is 1. The van der Waals surface area contributed by atoms with Crippen LogP contribution in [-0.2, 0) is 33.6 Å². The van der Waals surface area contributed by atoms with Gasteiger partial charge in [0.25, 0.3) is 0 Å². The normalized spacial score (nSPS) is 20.5. The summed E-state index contributed by atoms with van der Waals surface area (Å²) >= 11 is 1.91. The lowest BCUT2D eigenvalue weighted by Gasteiger charge is -2.28. The maximum absolute atomic E-state index is 6.57. The van der Waals surface area contributed by atoms with E-state index in [2.05, 4.69) is 62.2 Å². The molecule has 0 radical (unpaired) electrons. The van der Waals surface area contributed by atoms with Crippen LogP contribution < -0.4 is 4.74 Å². The van der Waals surface area contributed by atoms with Gasteiger partial charge in [-0.3, -0.25) is 0 Å². The van der Waals surface area contributed by atoms with Crippen molar-refractivity contribution in [2.45, 2.75) is 63.2 Å². The predicted octanol–water partition coefficient (Wildman–Crippen LogP) is 5.87. The summed E-state index contributed by atoms with van der Waals surface area (Å²) in [4.78, 5) is 4.19. The van der Waals surface area contributed by atoms with Crippen molar-refractivity contribution in [2.75, 3.05) is 19.5 Å². The molecule has 6 heteroatoms. The van der Waals surface area contributed by atoms with Crippen molar-refractivity contribution in [3.63, 3.8) is 0 Å². The largest absolute Gasteiger partial charge is 0.497 e. The Balaban J connectivity index is 1.33. The molecule has 0 N–H and O–H groups in total. The molecular weight excluding hydrogens is 444 g/mol. The number of benzene rings is 2. The van der Waals surface area contributed by atoms with Crippen LogP contribution in [0, 0.1) is 0 Å². The Bertz CT molecular complexity index is 1010. The van der Waals surface area contributed by atoms with Crippen LogP contribution in [0.25, 0.3) is 0 Å². The Morgan fingerprint density at radius 2 is 1.82 bits per heavy atom.